The van der Waals surface area contributed by atoms with E-state index in [9.17, 15) is 9.59 Å². The van der Waals surface area contributed by atoms with E-state index < -0.39 is 5.97 Å². The van der Waals surface area contributed by atoms with Gasteiger partial charge in [0, 0.05) is 16.6 Å². The molecule has 0 atom stereocenters. The monoisotopic (exact) mass is 233 g/mol. The Kier molecular flexibility index (Phi) is 2.80. The molecule has 0 bridgehead atoms. The summed E-state index contributed by atoms with van der Waals surface area (Å²) in [7, 11) is 0. The van der Waals surface area contributed by atoms with Crippen molar-refractivity contribution in [2.24, 2.45) is 5.73 Å². The van der Waals surface area contributed by atoms with E-state index in [2.05, 4.69) is 10.3 Å². The molecule has 0 fully saturated rings. The Morgan fingerprint density at radius 3 is 2.76 bits per heavy atom. The summed E-state index contributed by atoms with van der Waals surface area (Å²) >= 11 is 0. The van der Waals surface area contributed by atoms with E-state index >= 15 is 0 Å². The van der Waals surface area contributed by atoms with Crippen LogP contribution in [0.25, 0.3) is 10.9 Å². The molecule has 0 saturated carbocycles. The molecular formula is C11H11N3O3. The number of carboxylic acids is 1. The van der Waals surface area contributed by atoms with Gasteiger partial charge in [0.25, 0.3) is 0 Å². The van der Waals surface area contributed by atoms with Crippen LogP contribution in [-0.2, 0) is 4.79 Å². The molecular weight excluding hydrogens is 222 g/mol. The van der Waals surface area contributed by atoms with Crippen LogP contribution < -0.4 is 11.1 Å². The zero-order valence-electron chi connectivity index (χ0n) is 8.86. The highest BCUT2D eigenvalue weighted by Crippen LogP contribution is 2.20. The topological polar surface area (TPSA) is 108 Å². The Labute approximate surface area is 96.4 Å². The van der Waals surface area contributed by atoms with Crippen LogP contribution in [0.4, 0.5) is 5.69 Å². The number of rotatable bonds is 3. The second-order valence-electron chi connectivity index (χ2n) is 3.54. The number of hydrogen-bond acceptors (Lipinski definition) is 3. The van der Waals surface area contributed by atoms with E-state index in [0.717, 1.165) is 5.39 Å². The zero-order chi connectivity index (χ0) is 12.4. The summed E-state index contributed by atoms with van der Waals surface area (Å²) in [6.45, 7) is -0.0917. The lowest BCUT2D eigenvalue weighted by atomic mass is 10.2. The van der Waals surface area contributed by atoms with Gasteiger partial charge in [-0.2, -0.15) is 0 Å². The zero-order valence-corrected chi connectivity index (χ0v) is 8.86. The molecule has 1 aromatic carbocycles. The minimum Gasteiger partial charge on any atom is -0.477 e. The van der Waals surface area contributed by atoms with Crippen molar-refractivity contribution in [1.82, 2.24) is 4.98 Å². The summed E-state index contributed by atoms with van der Waals surface area (Å²) in [6.07, 6.45) is 0. The number of aromatic nitrogens is 1. The van der Waals surface area contributed by atoms with Gasteiger partial charge in [-0.25, -0.2) is 4.79 Å². The molecule has 88 valence electrons. The van der Waals surface area contributed by atoms with Crippen molar-refractivity contribution in [3.63, 3.8) is 0 Å². The molecule has 0 radical (unpaired) electrons. The van der Waals surface area contributed by atoms with Crippen LogP contribution in [0, 0.1) is 0 Å². The molecule has 0 saturated heterocycles. The number of carbonyl (C=O) groups excluding carboxylic acids is 1. The SMILES string of the molecule is NCC(=O)Nc1ccc2[nH]c(C(=O)O)cc2c1. The summed E-state index contributed by atoms with van der Waals surface area (Å²) in [5.74, 6) is -1.31. The highest BCUT2D eigenvalue weighted by atomic mass is 16.4. The fraction of sp³-hybridized carbons (Fsp3) is 0.0909. The van der Waals surface area contributed by atoms with Crippen molar-refractivity contribution in [2.45, 2.75) is 0 Å². The van der Waals surface area contributed by atoms with Crippen LogP contribution >= 0.6 is 0 Å². The highest BCUT2D eigenvalue weighted by molar-refractivity contribution is 5.97. The molecule has 0 unspecified atom stereocenters. The van der Waals surface area contributed by atoms with Crippen molar-refractivity contribution in [1.29, 1.82) is 0 Å². The maximum atomic E-state index is 11.1. The van der Waals surface area contributed by atoms with Crippen LogP contribution in [0.2, 0.25) is 0 Å². The number of hydrogen-bond donors (Lipinski definition) is 4. The van der Waals surface area contributed by atoms with Gasteiger partial charge >= 0.3 is 5.97 Å². The van der Waals surface area contributed by atoms with E-state index in [1.165, 1.54) is 6.07 Å². The average molecular weight is 233 g/mol. The summed E-state index contributed by atoms with van der Waals surface area (Å²) in [4.78, 5) is 24.6. The number of aromatic amines is 1. The molecule has 17 heavy (non-hydrogen) atoms. The molecule has 6 heteroatoms. The summed E-state index contributed by atoms with van der Waals surface area (Å²) in [5.41, 5.74) is 6.58. The van der Waals surface area contributed by atoms with Crippen molar-refractivity contribution >= 4 is 28.5 Å². The van der Waals surface area contributed by atoms with Crippen molar-refractivity contribution in [3.05, 3.63) is 30.0 Å². The quantitative estimate of drug-likeness (QED) is 0.627. The fourth-order valence-electron chi connectivity index (χ4n) is 1.54. The molecule has 0 spiro atoms. The lowest BCUT2D eigenvalue weighted by Gasteiger charge is -2.02. The predicted octanol–water partition coefficient (Wildman–Crippen LogP) is 0.763. The Hall–Kier alpha value is -2.34. The number of benzene rings is 1. The van der Waals surface area contributed by atoms with Gasteiger partial charge in [-0.05, 0) is 24.3 Å². The van der Waals surface area contributed by atoms with Crippen molar-refractivity contribution in [3.8, 4) is 0 Å². The molecule has 2 aromatic rings. The van der Waals surface area contributed by atoms with Gasteiger partial charge in [0.1, 0.15) is 5.69 Å². The standard InChI is InChI=1S/C11H11N3O3/c12-5-10(15)13-7-1-2-8-6(3-7)4-9(14-8)11(16)17/h1-4,14H,5,12H2,(H,13,15)(H,16,17). The van der Waals surface area contributed by atoms with Crippen LogP contribution in [0.3, 0.4) is 0 Å². The maximum Gasteiger partial charge on any atom is 0.352 e. The van der Waals surface area contributed by atoms with Crippen molar-refractivity contribution < 1.29 is 14.7 Å². The summed E-state index contributed by atoms with van der Waals surface area (Å²) < 4.78 is 0. The first-order chi connectivity index (χ1) is 8.10. The number of fused-ring (bicyclic) bond motifs is 1. The van der Waals surface area contributed by atoms with E-state index in [1.54, 1.807) is 18.2 Å². The molecule has 0 aliphatic rings. The number of anilines is 1. The van der Waals surface area contributed by atoms with E-state index in [1.807, 2.05) is 0 Å². The molecule has 1 heterocycles. The third-order valence-corrected chi connectivity index (χ3v) is 2.32. The summed E-state index contributed by atoms with van der Waals surface area (Å²) in [6, 6.07) is 6.58. The number of nitrogens with one attached hydrogen (secondary N) is 2. The first kappa shape index (κ1) is 11.2. The Bertz CT molecular complexity index is 589. The minimum atomic E-state index is -1.02. The lowest BCUT2D eigenvalue weighted by Crippen LogP contribution is -2.21. The molecule has 1 amide bonds. The third-order valence-electron chi connectivity index (χ3n) is 2.32. The predicted molar refractivity (Wildman–Crippen MR) is 62.9 cm³/mol. The number of H-pyrrole nitrogens is 1. The van der Waals surface area contributed by atoms with E-state index in [4.69, 9.17) is 10.8 Å². The third kappa shape index (κ3) is 2.26. The van der Waals surface area contributed by atoms with E-state index in [-0.39, 0.29) is 18.1 Å². The van der Waals surface area contributed by atoms with Gasteiger partial charge in [0.05, 0.1) is 6.54 Å². The first-order valence-electron chi connectivity index (χ1n) is 4.96. The first-order valence-corrected chi connectivity index (χ1v) is 4.96. The van der Waals surface area contributed by atoms with Gasteiger partial charge in [-0.15, -0.1) is 0 Å². The van der Waals surface area contributed by atoms with Gasteiger partial charge in [0.15, 0.2) is 0 Å². The fourth-order valence-corrected chi connectivity index (χ4v) is 1.54. The van der Waals surface area contributed by atoms with Crippen LogP contribution in [0.5, 0.6) is 0 Å². The van der Waals surface area contributed by atoms with E-state index in [0.29, 0.717) is 11.2 Å². The Morgan fingerprint density at radius 1 is 1.35 bits per heavy atom. The van der Waals surface area contributed by atoms with Crippen LogP contribution in [0.15, 0.2) is 24.3 Å². The number of nitrogens with two attached hydrogens (primary N) is 1. The maximum absolute atomic E-state index is 11.1. The number of aromatic carboxylic acids is 1. The molecule has 0 aliphatic heterocycles. The smallest absolute Gasteiger partial charge is 0.352 e. The molecule has 5 N–H and O–H groups in total. The summed E-state index contributed by atoms with van der Waals surface area (Å²) in [5, 5.41) is 12.1. The second-order valence-corrected chi connectivity index (χ2v) is 3.54. The molecule has 1 aromatic heterocycles. The minimum absolute atomic E-state index is 0.0917. The number of carbonyl (C=O) groups is 2. The van der Waals surface area contributed by atoms with Crippen LogP contribution in [0.1, 0.15) is 10.5 Å². The van der Waals surface area contributed by atoms with Gasteiger partial charge in [0.2, 0.25) is 5.91 Å². The molecule has 6 nitrogen and oxygen atoms in total. The van der Waals surface area contributed by atoms with Gasteiger partial charge in [-0.3, -0.25) is 4.79 Å². The lowest BCUT2D eigenvalue weighted by molar-refractivity contribution is -0.114. The average Bonchev–Trinajstić information content (AvgIpc) is 2.72. The largest absolute Gasteiger partial charge is 0.477 e. The molecule has 0 aliphatic carbocycles. The van der Waals surface area contributed by atoms with Crippen molar-refractivity contribution in [2.75, 3.05) is 11.9 Å². The number of amides is 1. The van der Waals surface area contributed by atoms with Gasteiger partial charge in [-0.1, -0.05) is 0 Å². The Balaban J connectivity index is 2.36. The molecule has 2 rings (SSSR count). The highest BCUT2D eigenvalue weighted by Gasteiger charge is 2.08. The number of carboxylic acid groups (broad SMARTS) is 1. The Morgan fingerprint density at radius 2 is 2.12 bits per heavy atom. The van der Waals surface area contributed by atoms with Crippen LogP contribution in [-0.4, -0.2) is 28.5 Å². The second kappa shape index (κ2) is 4.26. The normalized spacial score (nSPS) is 10.4. The van der Waals surface area contributed by atoms with Gasteiger partial charge < -0.3 is 21.1 Å².